The van der Waals surface area contributed by atoms with Gasteiger partial charge in [0.2, 0.25) is 10.0 Å². The fourth-order valence-corrected chi connectivity index (χ4v) is 3.15. The molecule has 0 aliphatic rings. The molecule has 0 fully saturated rings. The highest BCUT2D eigenvalue weighted by Gasteiger charge is 2.13. The molecule has 3 aromatic rings. The summed E-state index contributed by atoms with van der Waals surface area (Å²) in [6.07, 6.45) is 2.60. The molecule has 0 N–H and O–H groups in total. The average Bonchev–Trinajstić information content (AvgIpc) is 2.96. The van der Waals surface area contributed by atoms with E-state index in [4.69, 9.17) is 4.74 Å². The largest absolute Gasteiger partial charge is 0.457 e. The Morgan fingerprint density at radius 2 is 1.83 bits per heavy atom. The topological polar surface area (TPSA) is 65.4 Å². The third kappa shape index (κ3) is 3.27. The van der Waals surface area contributed by atoms with Crippen molar-refractivity contribution in [1.29, 1.82) is 0 Å². The van der Waals surface area contributed by atoms with E-state index in [2.05, 4.69) is 0 Å². The van der Waals surface area contributed by atoms with Crippen LogP contribution >= 0.6 is 0 Å². The molecule has 0 atom stereocenters. The molecule has 0 saturated heterocycles. The van der Waals surface area contributed by atoms with Gasteiger partial charge in [0.05, 0.1) is 17.3 Å². The van der Waals surface area contributed by atoms with E-state index in [9.17, 15) is 13.2 Å². The zero-order chi connectivity index (χ0) is 16.4. The standard InChI is InChI=1S/C17H15NO4S/c1-23(20,21)18-10-9-14-11-15(7-8-16(14)18)17(19)22-12-13-5-3-2-4-6-13/h2-11H,12H2,1H3. The van der Waals surface area contributed by atoms with Crippen LogP contribution in [0, 0.1) is 0 Å². The van der Waals surface area contributed by atoms with Gasteiger partial charge in [0.1, 0.15) is 6.61 Å². The molecule has 0 bridgehead atoms. The van der Waals surface area contributed by atoms with Gasteiger partial charge in [0, 0.05) is 11.6 Å². The highest BCUT2D eigenvalue weighted by Crippen LogP contribution is 2.20. The first kappa shape index (κ1) is 15.3. The van der Waals surface area contributed by atoms with Gasteiger partial charge in [-0.2, -0.15) is 0 Å². The van der Waals surface area contributed by atoms with Crippen LogP contribution in [-0.4, -0.2) is 24.6 Å². The minimum absolute atomic E-state index is 0.196. The number of esters is 1. The van der Waals surface area contributed by atoms with E-state index in [1.165, 1.54) is 10.2 Å². The fourth-order valence-electron chi connectivity index (χ4n) is 2.34. The smallest absolute Gasteiger partial charge is 0.338 e. The number of carbonyl (C=O) groups excluding carboxylic acids is 1. The molecule has 6 heteroatoms. The first-order valence-electron chi connectivity index (χ1n) is 6.98. The number of aromatic nitrogens is 1. The molecule has 0 radical (unpaired) electrons. The van der Waals surface area contributed by atoms with Gasteiger partial charge in [0.25, 0.3) is 0 Å². The van der Waals surface area contributed by atoms with Crippen molar-refractivity contribution in [2.45, 2.75) is 6.61 Å². The van der Waals surface area contributed by atoms with Crippen LogP contribution in [0.2, 0.25) is 0 Å². The van der Waals surface area contributed by atoms with Crippen LogP contribution in [0.3, 0.4) is 0 Å². The predicted molar refractivity (Wildman–Crippen MR) is 87.7 cm³/mol. The first-order valence-corrected chi connectivity index (χ1v) is 8.83. The van der Waals surface area contributed by atoms with Gasteiger partial charge >= 0.3 is 5.97 Å². The van der Waals surface area contributed by atoms with E-state index >= 15 is 0 Å². The van der Waals surface area contributed by atoms with Crippen molar-refractivity contribution < 1.29 is 17.9 Å². The summed E-state index contributed by atoms with van der Waals surface area (Å²) in [7, 11) is -3.36. The number of hydrogen-bond donors (Lipinski definition) is 0. The lowest BCUT2D eigenvalue weighted by atomic mass is 10.1. The first-order chi connectivity index (χ1) is 10.9. The molecule has 0 amide bonds. The minimum atomic E-state index is -3.36. The number of ether oxygens (including phenoxy) is 1. The SMILES string of the molecule is CS(=O)(=O)n1ccc2cc(C(=O)OCc3ccccc3)ccc21. The minimum Gasteiger partial charge on any atom is -0.457 e. The molecule has 0 unspecified atom stereocenters. The summed E-state index contributed by atoms with van der Waals surface area (Å²) in [5, 5.41) is 0.671. The molecule has 0 aliphatic heterocycles. The lowest BCUT2D eigenvalue weighted by Gasteiger charge is -2.06. The Kier molecular flexibility index (Phi) is 3.92. The molecule has 118 valence electrons. The Hall–Kier alpha value is -2.60. The molecule has 0 spiro atoms. The van der Waals surface area contributed by atoms with E-state index in [1.807, 2.05) is 30.3 Å². The van der Waals surface area contributed by atoms with Crippen LogP contribution in [-0.2, 0) is 21.4 Å². The molecule has 23 heavy (non-hydrogen) atoms. The number of hydrogen-bond acceptors (Lipinski definition) is 4. The number of nitrogens with zero attached hydrogens (tertiary/aromatic N) is 1. The lowest BCUT2D eigenvalue weighted by molar-refractivity contribution is 0.0473. The van der Waals surface area contributed by atoms with Gasteiger partial charge in [-0.1, -0.05) is 30.3 Å². The van der Waals surface area contributed by atoms with Crippen LogP contribution in [0.4, 0.5) is 0 Å². The summed E-state index contributed by atoms with van der Waals surface area (Å²) in [4.78, 5) is 12.1. The maximum absolute atomic E-state index is 12.1. The van der Waals surface area contributed by atoms with Crippen LogP contribution in [0.25, 0.3) is 10.9 Å². The number of fused-ring (bicyclic) bond motifs is 1. The Balaban J connectivity index is 1.82. The molecule has 1 aromatic heterocycles. The molecule has 5 nitrogen and oxygen atoms in total. The van der Waals surface area contributed by atoms with Crippen LogP contribution in [0.15, 0.2) is 60.8 Å². The van der Waals surface area contributed by atoms with Crippen molar-refractivity contribution in [3.63, 3.8) is 0 Å². The second-order valence-corrected chi connectivity index (χ2v) is 7.07. The Bertz CT molecular complexity index is 959. The van der Waals surface area contributed by atoms with Gasteiger partial charge in [-0.25, -0.2) is 17.2 Å². The Morgan fingerprint density at radius 1 is 1.09 bits per heavy atom. The highest BCUT2D eigenvalue weighted by atomic mass is 32.2. The summed E-state index contributed by atoms with van der Waals surface area (Å²) in [5.41, 5.74) is 1.83. The normalized spacial score (nSPS) is 11.5. The van der Waals surface area contributed by atoms with Crippen molar-refractivity contribution >= 4 is 26.9 Å². The van der Waals surface area contributed by atoms with Gasteiger partial charge in [-0.3, -0.25) is 0 Å². The van der Waals surface area contributed by atoms with E-state index in [1.54, 1.807) is 24.3 Å². The quantitative estimate of drug-likeness (QED) is 0.690. The van der Waals surface area contributed by atoms with Crippen LogP contribution in [0.1, 0.15) is 15.9 Å². The second-order valence-electron chi connectivity index (χ2n) is 5.21. The van der Waals surface area contributed by atoms with E-state index < -0.39 is 16.0 Å². The van der Waals surface area contributed by atoms with Crippen molar-refractivity contribution in [3.05, 3.63) is 71.9 Å². The van der Waals surface area contributed by atoms with Crippen LogP contribution in [0.5, 0.6) is 0 Å². The summed E-state index contributed by atoms with van der Waals surface area (Å²) in [5.74, 6) is -0.442. The highest BCUT2D eigenvalue weighted by molar-refractivity contribution is 7.89. The Labute approximate surface area is 134 Å². The van der Waals surface area contributed by atoms with Gasteiger partial charge in [-0.15, -0.1) is 0 Å². The number of rotatable bonds is 4. The zero-order valence-corrected chi connectivity index (χ0v) is 13.3. The monoisotopic (exact) mass is 329 g/mol. The summed E-state index contributed by atoms with van der Waals surface area (Å²) < 4.78 is 29.8. The number of benzene rings is 2. The van der Waals surface area contributed by atoms with Crippen LogP contribution < -0.4 is 0 Å². The summed E-state index contributed by atoms with van der Waals surface area (Å²) in [6.45, 7) is 0.196. The van der Waals surface area contributed by atoms with E-state index in [-0.39, 0.29) is 6.61 Å². The average molecular weight is 329 g/mol. The van der Waals surface area contributed by atoms with Crippen molar-refractivity contribution in [1.82, 2.24) is 3.97 Å². The van der Waals surface area contributed by atoms with E-state index in [0.29, 0.717) is 16.5 Å². The molecular weight excluding hydrogens is 314 g/mol. The zero-order valence-electron chi connectivity index (χ0n) is 12.5. The third-order valence-electron chi connectivity index (χ3n) is 3.46. The van der Waals surface area contributed by atoms with Gasteiger partial charge in [-0.05, 0) is 29.8 Å². The second kappa shape index (κ2) is 5.89. The maximum Gasteiger partial charge on any atom is 0.338 e. The van der Waals surface area contributed by atoms with Crippen molar-refractivity contribution in [2.75, 3.05) is 6.26 Å². The maximum atomic E-state index is 12.1. The third-order valence-corrected chi connectivity index (χ3v) is 4.49. The molecule has 0 saturated carbocycles. The van der Waals surface area contributed by atoms with Gasteiger partial charge < -0.3 is 4.74 Å². The van der Waals surface area contributed by atoms with Gasteiger partial charge in [0.15, 0.2) is 0 Å². The van der Waals surface area contributed by atoms with Crippen molar-refractivity contribution in [2.24, 2.45) is 0 Å². The molecule has 1 heterocycles. The van der Waals surface area contributed by atoms with Crippen molar-refractivity contribution in [3.8, 4) is 0 Å². The predicted octanol–water partition coefficient (Wildman–Crippen LogP) is 2.81. The Morgan fingerprint density at radius 3 is 2.52 bits per heavy atom. The van der Waals surface area contributed by atoms with E-state index in [0.717, 1.165) is 11.8 Å². The molecule has 3 rings (SSSR count). The summed E-state index contributed by atoms with van der Waals surface area (Å²) in [6, 6.07) is 15.9. The molecule has 0 aliphatic carbocycles. The summed E-state index contributed by atoms with van der Waals surface area (Å²) >= 11 is 0. The molecule has 2 aromatic carbocycles. The molecular formula is C17H15NO4S. The fraction of sp³-hybridized carbons (Fsp3) is 0.118. The lowest BCUT2D eigenvalue weighted by Crippen LogP contribution is -2.08. The number of carbonyl (C=O) groups is 1.